The van der Waals surface area contributed by atoms with Gasteiger partial charge in [0, 0.05) is 38.5 Å². The molecule has 0 radical (unpaired) electrons. The molecule has 13 nitrogen and oxygen atoms in total. The van der Waals surface area contributed by atoms with E-state index in [4.69, 9.17) is 28.4 Å². The van der Waals surface area contributed by atoms with Gasteiger partial charge in [-0.25, -0.2) is 4.79 Å². The van der Waals surface area contributed by atoms with Crippen molar-refractivity contribution in [3.05, 3.63) is 23.8 Å². The van der Waals surface area contributed by atoms with Crippen molar-refractivity contribution in [2.45, 2.75) is 147 Å². The maximum Gasteiger partial charge on any atom is 0.342 e. The number of aliphatic hydroxyl groups is 2. The molecule has 0 aromatic rings. The van der Waals surface area contributed by atoms with Gasteiger partial charge in [-0.15, -0.1) is 0 Å². The zero-order chi connectivity index (χ0) is 35.1. The molecule has 0 aromatic heterocycles. The summed E-state index contributed by atoms with van der Waals surface area (Å²) in [6, 6.07) is 0. The van der Waals surface area contributed by atoms with Crippen LogP contribution in [-0.4, -0.2) is 93.5 Å². The summed E-state index contributed by atoms with van der Waals surface area (Å²) in [6.07, 6.45) is 0.195. The maximum absolute atomic E-state index is 13.3. The third-order valence-electron chi connectivity index (χ3n) is 10.1. The first kappa shape index (κ1) is 36.5. The number of fused-ring (bicyclic) bond motifs is 1. The number of unbranched alkanes of at least 4 members (excludes halogenated alkanes) is 4. The van der Waals surface area contributed by atoms with Crippen molar-refractivity contribution in [3.63, 3.8) is 0 Å². The molecule has 2 fully saturated rings. The van der Waals surface area contributed by atoms with Gasteiger partial charge >= 0.3 is 29.8 Å². The number of aliphatic hydroxyl groups excluding tert-OH is 1. The number of hydrogen-bond acceptors (Lipinski definition) is 13. The van der Waals surface area contributed by atoms with Gasteiger partial charge in [-0.3, -0.25) is 19.2 Å². The molecule has 2 aliphatic heterocycles. The summed E-state index contributed by atoms with van der Waals surface area (Å²) in [5.74, 6) is -5.03. The molecule has 262 valence electrons. The summed E-state index contributed by atoms with van der Waals surface area (Å²) < 4.78 is 35.0. The van der Waals surface area contributed by atoms with E-state index < -0.39 is 94.6 Å². The van der Waals surface area contributed by atoms with E-state index in [0.29, 0.717) is 6.42 Å². The van der Waals surface area contributed by atoms with Gasteiger partial charge < -0.3 is 38.6 Å². The Kier molecular flexibility index (Phi) is 10.4. The number of esters is 5. The summed E-state index contributed by atoms with van der Waals surface area (Å²) in [5.41, 5.74) is -6.81. The van der Waals surface area contributed by atoms with Crippen molar-refractivity contribution in [2.24, 2.45) is 11.3 Å². The molecule has 2 saturated heterocycles. The van der Waals surface area contributed by atoms with Gasteiger partial charge in [0.15, 0.2) is 23.4 Å². The van der Waals surface area contributed by atoms with E-state index in [2.05, 4.69) is 6.92 Å². The molecule has 4 aliphatic rings. The maximum atomic E-state index is 13.3. The van der Waals surface area contributed by atoms with Gasteiger partial charge in [-0.1, -0.05) is 45.6 Å². The Bertz CT molecular complexity index is 1330. The number of carbonyl (C=O) groups is 5. The van der Waals surface area contributed by atoms with Crippen LogP contribution in [0.5, 0.6) is 0 Å². The molecule has 47 heavy (non-hydrogen) atoms. The van der Waals surface area contributed by atoms with E-state index >= 15 is 0 Å². The van der Waals surface area contributed by atoms with Crippen molar-refractivity contribution in [1.29, 1.82) is 0 Å². The average Bonchev–Trinajstić information content (AvgIpc) is 3.55. The lowest BCUT2D eigenvalue weighted by Crippen LogP contribution is -2.69. The highest BCUT2D eigenvalue weighted by molar-refractivity contribution is 5.89. The van der Waals surface area contributed by atoms with Gasteiger partial charge in [0.25, 0.3) is 0 Å². The number of epoxide rings is 1. The van der Waals surface area contributed by atoms with E-state index in [1.54, 1.807) is 13.8 Å². The first-order valence-corrected chi connectivity index (χ1v) is 16.3. The standard InChI is InChI=1S/C34H48O13/c1-9-10-11-12-13-14-24(38)46-26-18(2)17-23-34(33(8,47-34)30(40)45-23)29(44-21(5)37)27-31(6,28(25(26)39)43-20(4)36)16-15-22(32(27,7)41)42-19(3)35/h15-17,22-23,25-29,39,41H,9-14H2,1-8H3/b18-17-/t22-,23+,25+,26+,27-,28+,29+,31+,32-,33+,34+/m1/s1. The molecule has 0 saturated carbocycles. The predicted octanol–water partition coefficient (Wildman–Crippen LogP) is 2.77. The number of carbonyl (C=O) groups excluding carboxylic acids is 5. The summed E-state index contributed by atoms with van der Waals surface area (Å²) in [6.45, 7) is 11.5. The van der Waals surface area contributed by atoms with E-state index in [9.17, 15) is 34.2 Å². The van der Waals surface area contributed by atoms with E-state index in [-0.39, 0.29) is 12.0 Å². The predicted molar refractivity (Wildman–Crippen MR) is 163 cm³/mol. The topological polar surface area (TPSA) is 184 Å². The smallest absolute Gasteiger partial charge is 0.342 e. The summed E-state index contributed by atoms with van der Waals surface area (Å²) in [7, 11) is 0. The number of rotatable bonds is 10. The number of hydrogen-bond donors (Lipinski definition) is 2. The van der Waals surface area contributed by atoms with E-state index in [1.807, 2.05) is 0 Å². The lowest BCUT2D eigenvalue weighted by Gasteiger charge is -2.55. The van der Waals surface area contributed by atoms with Crippen LogP contribution in [0.4, 0.5) is 0 Å². The lowest BCUT2D eigenvalue weighted by molar-refractivity contribution is -0.230. The Labute approximate surface area is 274 Å². The minimum atomic E-state index is -2.09. The van der Waals surface area contributed by atoms with Crippen LogP contribution in [0.2, 0.25) is 0 Å². The Morgan fingerprint density at radius 3 is 2.06 bits per heavy atom. The van der Waals surface area contributed by atoms with Crippen molar-refractivity contribution in [2.75, 3.05) is 0 Å². The van der Waals surface area contributed by atoms with Gasteiger partial charge in [-0.05, 0) is 44.9 Å². The second-order valence-electron chi connectivity index (χ2n) is 13.7. The third-order valence-corrected chi connectivity index (χ3v) is 10.1. The normalized spacial score (nSPS) is 41.5. The van der Waals surface area contributed by atoms with Crippen molar-refractivity contribution >= 4 is 29.8 Å². The Morgan fingerprint density at radius 1 is 0.894 bits per heavy atom. The Balaban J connectivity index is 1.93. The van der Waals surface area contributed by atoms with Crippen molar-refractivity contribution < 1.29 is 62.6 Å². The quantitative estimate of drug-likeness (QED) is 0.114. The van der Waals surface area contributed by atoms with Crippen molar-refractivity contribution in [1.82, 2.24) is 0 Å². The zero-order valence-corrected chi connectivity index (χ0v) is 28.4. The first-order chi connectivity index (χ1) is 21.9. The zero-order valence-electron chi connectivity index (χ0n) is 28.4. The molecule has 2 N–H and O–H groups in total. The van der Waals surface area contributed by atoms with Crippen LogP contribution in [0, 0.1) is 11.3 Å². The molecule has 0 bridgehead atoms. The third kappa shape index (κ3) is 6.46. The van der Waals surface area contributed by atoms with Gasteiger partial charge in [0.05, 0.1) is 0 Å². The summed E-state index contributed by atoms with van der Waals surface area (Å²) >= 11 is 0. The van der Waals surface area contributed by atoms with Crippen LogP contribution in [0.1, 0.15) is 93.9 Å². The molecular formula is C34H48O13. The Morgan fingerprint density at radius 2 is 1.49 bits per heavy atom. The van der Waals surface area contributed by atoms with Crippen LogP contribution in [0.25, 0.3) is 0 Å². The molecule has 11 atom stereocenters. The SMILES string of the molecule is CCCCCCCC(=O)O[C@H]1/C(C)=C\[C@@H]2OC(=O)[C@]3(C)O[C@]23[C@@H](OC(C)=O)[C@H]2[C@](C)(O)[C@H](OC(C)=O)C=C[C@]2(C)[C@@H](OC(C)=O)[C@H]1O. The van der Waals surface area contributed by atoms with Crippen LogP contribution < -0.4 is 0 Å². The highest BCUT2D eigenvalue weighted by Crippen LogP contribution is 2.65. The molecule has 2 aliphatic carbocycles. The van der Waals surface area contributed by atoms with Crippen LogP contribution >= 0.6 is 0 Å². The van der Waals surface area contributed by atoms with Gasteiger partial charge in [0.1, 0.15) is 30.0 Å². The summed E-state index contributed by atoms with van der Waals surface area (Å²) in [4.78, 5) is 64.0. The fourth-order valence-electron chi connectivity index (χ4n) is 7.77. The van der Waals surface area contributed by atoms with Crippen LogP contribution in [0.3, 0.4) is 0 Å². The van der Waals surface area contributed by atoms with E-state index in [0.717, 1.165) is 46.5 Å². The highest BCUT2D eigenvalue weighted by atomic mass is 16.7. The minimum Gasteiger partial charge on any atom is -0.459 e. The highest BCUT2D eigenvalue weighted by Gasteiger charge is 2.88. The molecule has 4 rings (SSSR count). The molecule has 0 aromatic carbocycles. The van der Waals surface area contributed by atoms with Crippen LogP contribution in [-0.2, 0) is 52.4 Å². The van der Waals surface area contributed by atoms with Crippen molar-refractivity contribution in [3.8, 4) is 0 Å². The fraction of sp³-hybridized carbons (Fsp3) is 0.735. The monoisotopic (exact) mass is 664 g/mol. The average molecular weight is 665 g/mol. The Hall–Kier alpha value is -3.29. The molecule has 0 unspecified atom stereocenters. The summed E-state index contributed by atoms with van der Waals surface area (Å²) in [5, 5.41) is 24.4. The fourth-order valence-corrected chi connectivity index (χ4v) is 7.77. The lowest BCUT2D eigenvalue weighted by atomic mass is 9.55. The molecule has 0 amide bonds. The van der Waals surface area contributed by atoms with E-state index in [1.165, 1.54) is 32.1 Å². The van der Waals surface area contributed by atoms with Gasteiger partial charge in [0.2, 0.25) is 0 Å². The van der Waals surface area contributed by atoms with Gasteiger partial charge in [-0.2, -0.15) is 0 Å². The molecule has 13 heteroatoms. The molecular weight excluding hydrogens is 616 g/mol. The number of ether oxygens (including phenoxy) is 6. The molecule has 1 spiro atoms. The van der Waals surface area contributed by atoms with Crippen LogP contribution in [0.15, 0.2) is 23.8 Å². The second kappa shape index (κ2) is 13.3. The first-order valence-electron chi connectivity index (χ1n) is 16.3. The largest absolute Gasteiger partial charge is 0.459 e. The minimum absolute atomic E-state index is 0.0785. The second-order valence-corrected chi connectivity index (χ2v) is 13.7. The molecule has 2 heterocycles.